The van der Waals surface area contributed by atoms with Gasteiger partial charge >= 0.3 is 0 Å². The fraction of sp³-hybridized carbons (Fsp3) is 0.381. The van der Waals surface area contributed by atoms with Crippen LogP contribution in [0, 0.1) is 18.8 Å². The molecular weight excluding hydrogens is 360 g/mol. The zero-order chi connectivity index (χ0) is 19.0. The third kappa shape index (κ3) is 3.58. The molecule has 0 radical (unpaired) electrons. The van der Waals surface area contributed by atoms with Crippen molar-refractivity contribution in [2.24, 2.45) is 11.8 Å². The summed E-state index contributed by atoms with van der Waals surface area (Å²) >= 11 is 0. The van der Waals surface area contributed by atoms with Gasteiger partial charge in [-0.1, -0.05) is 30.7 Å². The second-order valence-corrected chi connectivity index (χ2v) is 9.33. The summed E-state index contributed by atoms with van der Waals surface area (Å²) in [4.78, 5) is 13.0. The first-order valence-corrected chi connectivity index (χ1v) is 10.9. The highest BCUT2D eigenvalue weighted by Gasteiger charge is 2.40. The molecule has 27 heavy (non-hydrogen) atoms. The lowest BCUT2D eigenvalue weighted by molar-refractivity contribution is 0.0922. The number of carbonyl (C=O) groups excluding carboxylic acids is 1. The van der Waals surface area contributed by atoms with E-state index in [0.29, 0.717) is 22.7 Å². The topological polar surface area (TPSA) is 75.3 Å². The Labute approximate surface area is 160 Å². The molecule has 0 saturated heterocycles. The van der Waals surface area contributed by atoms with E-state index in [-0.39, 0.29) is 16.8 Å². The van der Waals surface area contributed by atoms with E-state index >= 15 is 0 Å². The van der Waals surface area contributed by atoms with E-state index in [1.54, 1.807) is 55.5 Å². The molecule has 0 spiro atoms. The minimum absolute atomic E-state index is 0.120. The van der Waals surface area contributed by atoms with Crippen molar-refractivity contribution in [2.75, 3.05) is 4.72 Å². The van der Waals surface area contributed by atoms with Gasteiger partial charge in [0.1, 0.15) is 0 Å². The highest BCUT2D eigenvalue weighted by molar-refractivity contribution is 7.92. The monoisotopic (exact) mass is 384 g/mol. The number of carbonyl (C=O) groups is 1. The largest absolute Gasteiger partial charge is 0.349 e. The smallest absolute Gasteiger partial charge is 0.261 e. The summed E-state index contributed by atoms with van der Waals surface area (Å²) in [5.74, 6) is 1.23. The molecule has 142 valence electrons. The molecule has 2 aliphatic rings. The van der Waals surface area contributed by atoms with Gasteiger partial charge in [-0.05, 0) is 67.9 Å². The van der Waals surface area contributed by atoms with Crippen LogP contribution in [0.4, 0.5) is 5.69 Å². The van der Waals surface area contributed by atoms with Crippen LogP contribution in [0.2, 0.25) is 0 Å². The van der Waals surface area contributed by atoms with Gasteiger partial charge in [-0.25, -0.2) is 8.42 Å². The van der Waals surface area contributed by atoms with E-state index < -0.39 is 10.0 Å². The van der Waals surface area contributed by atoms with Gasteiger partial charge in [-0.2, -0.15) is 0 Å². The van der Waals surface area contributed by atoms with Crippen molar-refractivity contribution in [3.63, 3.8) is 0 Å². The Kier molecular flexibility index (Phi) is 4.68. The van der Waals surface area contributed by atoms with Crippen LogP contribution in [0.1, 0.15) is 41.6 Å². The van der Waals surface area contributed by atoms with Crippen molar-refractivity contribution in [1.29, 1.82) is 0 Å². The molecule has 0 unspecified atom stereocenters. The van der Waals surface area contributed by atoms with Gasteiger partial charge < -0.3 is 5.32 Å². The summed E-state index contributed by atoms with van der Waals surface area (Å²) in [6.07, 6.45) is 4.77. The number of hydrogen-bond acceptors (Lipinski definition) is 3. The first-order chi connectivity index (χ1) is 12.9. The van der Waals surface area contributed by atoms with E-state index in [0.717, 1.165) is 12.3 Å². The van der Waals surface area contributed by atoms with Gasteiger partial charge in [0.05, 0.1) is 10.6 Å². The Balaban J connectivity index is 1.53. The highest BCUT2D eigenvalue weighted by Crippen LogP contribution is 2.44. The van der Waals surface area contributed by atoms with Crippen molar-refractivity contribution in [1.82, 2.24) is 5.32 Å². The molecule has 3 atom stereocenters. The summed E-state index contributed by atoms with van der Waals surface area (Å²) in [5.41, 5.74) is 1.59. The number of hydrogen-bond donors (Lipinski definition) is 2. The maximum Gasteiger partial charge on any atom is 0.261 e. The molecule has 5 nitrogen and oxygen atoms in total. The Morgan fingerprint density at radius 3 is 2.44 bits per heavy atom. The summed E-state index contributed by atoms with van der Waals surface area (Å²) < 4.78 is 27.8. The molecule has 2 fully saturated rings. The number of sulfonamides is 1. The van der Waals surface area contributed by atoms with Crippen LogP contribution in [0.5, 0.6) is 0 Å². The molecule has 6 heteroatoms. The molecule has 2 aromatic rings. The fourth-order valence-electron chi connectivity index (χ4n) is 4.46. The van der Waals surface area contributed by atoms with Crippen molar-refractivity contribution >= 4 is 21.6 Å². The molecule has 2 aliphatic carbocycles. The van der Waals surface area contributed by atoms with Crippen molar-refractivity contribution in [2.45, 2.75) is 43.5 Å². The lowest BCUT2D eigenvalue weighted by atomic mass is 9.95. The van der Waals surface area contributed by atoms with Gasteiger partial charge in [0.25, 0.3) is 15.9 Å². The summed E-state index contributed by atoms with van der Waals surface area (Å²) in [6.45, 7) is 1.78. The normalized spacial score (nSPS) is 24.0. The van der Waals surface area contributed by atoms with Gasteiger partial charge in [-0.3, -0.25) is 9.52 Å². The lowest BCUT2D eigenvalue weighted by Gasteiger charge is -2.23. The standard InChI is InChI=1S/C21H24N2O3S/c1-14-18(21(24)22-20-13-15-10-11-16(20)12-15)8-5-9-19(14)23-27(25,26)17-6-3-2-4-7-17/h2-9,15-16,20,23H,10-13H2,1H3,(H,22,24)/t15-,16-,20+/m0/s1. The maximum atomic E-state index is 12.8. The van der Waals surface area contributed by atoms with Gasteiger partial charge in [0.2, 0.25) is 0 Å². The Hall–Kier alpha value is -2.34. The number of amides is 1. The molecule has 2 N–H and O–H groups in total. The maximum absolute atomic E-state index is 12.8. The first-order valence-electron chi connectivity index (χ1n) is 9.42. The molecule has 4 rings (SSSR count). The van der Waals surface area contributed by atoms with E-state index in [4.69, 9.17) is 0 Å². The fourth-order valence-corrected chi connectivity index (χ4v) is 5.61. The van der Waals surface area contributed by atoms with Crippen LogP contribution in [-0.4, -0.2) is 20.4 Å². The van der Waals surface area contributed by atoms with Gasteiger partial charge in [-0.15, -0.1) is 0 Å². The second kappa shape index (κ2) is 7.00. The minimum Gasteiger partial charge on any atom is -0.349 e. The molecule has 2 saturated carbocycles. The van der Waals surface area contributed by atoms with Crippen LogP contribution in [-0.2, 0) is 10.0 Å². The number of benzene rings is 2. The quantitative estimate of drug-likeness (QED) is 0.825. The predicted molar refractivity (Wildman–Crippen MR) is 105 cm³/mol. The number of fused-ring (bicyclic) bond motifs is 2. The van der Waals surface area contributed by atoms with Crippen LogP contribution < -0.4 is 10.0 Å². The SMILES string of the molecule is Cc1c(NS(=O)(=O)c2ccccc2)cccc1C(=O)N[C@@H]1C[C@H]2CC[C@H]1C2. The van der Waals surface area contributed by atoms with Gasteiger partial charge in [0, 0.05) is 11.6 Å². The zero-order valence-corrected chi connectivity index (χ0v) is 16.1. The minimum atomic E-state index is -3.69. The van der Waals surface area contributed by atoms with Crippen molar-refractivity contribution in [3.05, 3.63) is 59.7 Å². The van der Waals surface area contributed by atoms with E-state index in [1.807, 2.05) is 0 Å². The average molecular weight is 385 g/mol. The van der Waals surface area contributed by atoms with Crippen LogP contribution in [0.3, 0.4) is 0 Å². The first kappa shape index (κ1) is 18.0. The molecule has 2 aromatic carbocycles. The van der Waals surface area contributed by atoms with Crippen molar-refractivity contribution in [3.8, 4) is 0 Å². The molecule has 0 heterocycles. The number of anilines is 1. The Morgan fingerprint density at radius 1 is 1.00 bits per heavy atom. The molecule has 1 amide bonds. The Morgan fingerprint density at radius 2 is 1.78 bits per heavy atom. The number of rotatable bonds is 5. The van der Waals surface area contributed by atoms with E-state index in [1.165, 1.54) is 19.3 Å². The van der Waals surface area contributed by atoms with Crippen molar-refractivity contribution < 1.29 is 13.2 Å². The molecule has 0 aromatic heterocycles. The van der Waals surface area contributed by atoms with E-state index in [2.05, 4.69) is 10.0 Å². The average Bonchev–Trinajstić information content (AvgIpc) is 3.27. The zero-order valence-electron chi connectivity index (χ0n) is 15.3. The van der Waals surface area contributed by atoms with E-state index in [9.17, 15) is 13.2 Å². The summed E-state index contributed by atoms with van der Waals surface area (Å²) in [5, 5.41) is 3.17. The predicted octanol–water partition coefficient (Wildman–Crippen LogP) is 3.71. The molecule has 2 bridgehead atoms. The van der Waals surface area contributed by atoms with Crippen LogP contribution >= 0.6 is 0 Å². The third-order valence-electron chi connectivity index (χ3n) is 5.93. The lowest BCUT2D eigenvalue weighted by Crippen LogP contribution is -2.38. The third-order valence-corrected chi connectivity index (χ3v) is 7.31. The van der Waals surface area contributed by atoms with Crippen LogP contribution in [0.25, 0.3) is 0 Å². The highest BCUT2D eigenvalue weighted by atomic mass is 32.2. The number of nitrogens with one attached hydrogen (secondary N) is 2. The molecular formula is C21H24N2O3S. The Bertz CT molecular complexity index is 957. The summed E-state index contributed by atoms with van der Waals surface area (Å²) in [6, 6.07) is 13.6. The summed E-state index contributed by atoms with van der Waals surface area (Å²) in [7, 11) is -3.69. The van der Waals surface area contributed by atoms with Crippen LogP contribution in [0.15, 0.2) is 53.4 Å². The van der Waals surface area contributed by atoms with Gasteiger partial charge in [0.15, 0.2) is 0 Å². The molecule has 0 aliphatic heterocycles. The second-order valence-electron chi connectivity index (χ2n) is 7.65.